The number of nitrogens with zero attached hydrogens (tertiary/aromatic N) is 6. The highest BCUT2D eigenvalue weighted by Crippen LogP contribution is 2.39. The van der Waals surface area contributed by atoms with E-state index in [4.69, 9.17) is 19.6 Å². The van der Waals surface area contributed by atoms with Gasteiger partial charge in [-0.25, -0.2) is 4.79 Å². The first kappa shape index (κ1) is 31.2. The fourth-order valence-corrected chi connectivity index (χ4v) is 7.92. The minimum absolute atomic E-state index is 0.164. The Balaban J connectivity index is 1.01. The molecule has 2 bridgehead atoms. The Morgan fingerprint density at radius 1 is 0.837 bits per heavy atom. The highest BCUT2D eigenvalue weighted by Gasteiger charge is 2.45. The van der Waals surface area contributed by atoms with E-state index < -0.39 is 6.09 Å². The molecule has 3 fully saturated rings. The predicted molar refractivity (Wildman–Crippen MR) is 189 cm³/mol. The number of piperazine rings is 1. The van der Waals surface area contributed by atoms with Crippen molar-refractivity contribution in [3.63, 3.8) is 0 Å². The van der Waals surface area contributed by atoms with E-state index >= 15 is 0 Å². The molecule has 0 unspecified atom stereocenters. The molecule has 2 atom stereocenters. The standard InChI is InChI=1S/C39H42N6O4/c1-42-37-32(13-8-14-34(37)43-19-17-27(18-20-43)22-44-23-31-21-30(44)24-45(31)39(46)47)36(41-42)33-15-16-35(48-25-28-9-4-2-5-10-28)40-38(33)49-26-29-11-6-3-7-12-29/h2-16,27,30-31H,17-26H2,1H3,(H,46,47)/t30-,31-/m0/s1. The lowest BCUT2D eigenvalue weighted by Crippen LogP contribution is -2.50. The van der Waals surface area contributed by atoms with Gasteiger partial charge in [0.2, 0.25) is 11.8 Å². The first-order valence-electron chi connectivity index (χ1n) is 17.3. The SMILES string of the molecule is Cn1nc(-c2ccc(OCc3ccccc3)nc2OCc2ccccc2)c2cccc(N3CCC(CN4C[C@@H]5C[C@H]4CN5C(=O)O)CC3)c21. The van der Waals surface area contributed by atoms with E-state index in [2.05, 4.69) is 28.0 Å². The quantitative estimate of drug-likeness (QED) is 0.183. The van der Waals surface area contributed by atoms with Crippen molar-refractivity contribution in [3.8, 4) is 23.0 Å². The van der Waals surface area contributed by atoms with Crippen molar-refractivity contribution < 1.29 is 19.4 Å². The monoisotopic (exact) mass is 658 g/mol. The van der Waals surface area contributed by atoms with E-state index in [1.54, 1.807) is 4.90 Å². The maximum atomic E-state index is 11.5. The van der Waals surface area contributed by atoms with Gasteiger partial charge in [-0.05, 0) is 48.4 Å². The van der Waals surface area contributed by atoms with Crippen LogP contribution >= 0.6 is 0 Å². The summed E-state index contributed by atoms with van der Waals surface area (Å²) in [4.78, 5) is 23.0. The molecule has 5 aromatic rings. The van der Waals surface area contributed by atoms with Gasteiger partial charge < -0.3 is 24.4 Å². The van der Waals surface area contributed by atoms with Gasteiger partial charge in [0.25, 0.3) is 0 Å². The third kappa shape index (κ3) is 6.40. The van der Waals surface area contributed by atoms with Gasteiger partial charge in [-0.2, -0.15) is 10.1 Å². The van der Waals surface area contributed by atoms with Crippen molar-refractivity contribution in [1.29, 1.82) is 0 Å². The molecule has 1 amide bonds. The maximum Gasteiger partial charge on any atom is 0.407 e. The topological polar surface area (TPSA) is 96.2 Å². The zero-order valence-electron chi connectivity index (χ0n) is 27.8. The number of hydrogen-bond donors (Lipinski definition) is 1. The lowest BCUT2D eigenvalue weighted by molar-refractivity contribution is 0.0933. The lowest BCUT2D eigenvalue weighted by atomic mass is 9.95. The van der Waals surface area contributed by atoms with Gasteiger partial charge in [-0.3, -0.25) is 9.58 Å². The van der Waals surface area contributed by atoms with Crippen LogP contribution < -0.4 is 14.4 Å². The molecule has 252 valence electrons. The summed E-state index contributed by atoms with van der Waals surface area (Å²) >= 11 is 0. The van der Waals surface area contributed by atoms with Gasteiger partial charge in [0.1, 0.15) is 18.9 Å². The van der Waals surface area contributed by atoms with Crippen LogP contribution in [0.25, 0.3) is 22.2 Å². The molecular weight excluding hydrogens is 616 g/mol. The molecule has 1 N–H and O–H groups in total. The normalized spacial score (nSPS) is 19.5. The number of ether oxygens (including phenoxy) is 2. The smallest absolute Gasteiger partial charge is 0.407 e. The van der Waals surface area contributed by atoms with E-state index in [0.29, 0.717) is 43.5 Å². The highest BCUT2D eigenvalue weighted by atomic mass is 16.5. The molecule has 0 spiro atoms. The molecule has 49 heavy (non-hydrogen) atoms. The van der Waals surface area contributed by atoms with Crippen molar-refractivity contribution in [3.05, 3.63) is 102 Å². The van der Waals surface area contributed by atoms with E-state index in [1.165, 1.54) is 5.69 Å². The molecule has 3 aliphatic rings. The van der Waals surface area contributed by atoms with Crippen LogP contribution in [-0.2, 0) is 20.3 Å². The number of pyridine rings is 1. The first-order chi connectivity index (χ1) is 24.0. The summed E-state index contributed by atoms with van der Waals surface area (Å²) in [6, 6.07) is 31.1. The number of amides is 1. The number of anilines is 1. The minimum Gasteiger partial charge on any atom is -0.473 e. The number of aryl methyl sites for hydroxylation is 1. The molecule has 8 rings (SSSR count). The number of rotatable bonds is 10. The first-order valence-corrected chi connectivity index (χ1v) is 17.3. The molecule has 10 heteroatoms. The highest BCUT2D eigenvalue weighted by molar-refractivity contribution is 6.01. The summed E-state index contributed by atoms with van der Waals surface area (Å²) in [5, 5.41) is 15.6. The predicted octanol–water partition coefficient (Wildman–Crippen LogP) is 6.45. The molecule has 3 aliphatic heterocycles. The van der Waals surface area contributed by atoms with Crippen molar-refractivity contribution in [2.75, 3.05) is 37.6 Å². The van der Waals surface area contributed by atoms with E-state index in [-0.39, 0.29) is 6.04 Å². The molecule has 10 nitrogen and oxygen atoms in total. The van der Waals surface area contributed by atoms with Crippen LogP contribution in [0.5, 0.6) is 11.8 Å². The minimum atomic E-state index is -0.773. The number of hydrogen-bond acceptors (Lipinski definition) is 7. The Bertz CT molecular complexity index is 1920. The number of likely N-dealkylation sites (tertiary alicyclic amines) is 2. The largest absolute Gasteiger partial charge is 0.473 e. The zero-order chi connectivity index (χ0) is 33.3. The van der Waals surface area contributed by atoms with Crippen molar-refractivity contribution >= 4 is 22.7 Å². The van der Waals surface area contributed by atoms with Crippen LogP contribution in [0.3, 0.4) is 0 Å². The molecule has 0 saturated carbocycles. The third-order valence-electron chi connectivity index (χ3n) is 10.4. The van der Waals surface area contributed by atoms with Crippen LogP contribution in [0, 0.1) is 5.92 Å². The van der Waals surface area contributed by atoms with E-state index in [1.807, 2.05) is 84.5 Å². The number of para-hydroxylation sites is 1. The molecule has 3 saturated heterocycles. The number of aromatic nitrogens is 3. The number of fused-ring (bicyclic) bond motifs is 3. The Kier molecular flexibility index (Phi) is 8.55. The van der Waals surface area contributed by atoms with Crippen LogP contribution in [0.4, 0.5) is 10.5 Å². The maximum absolute atomic E-state index is 11.5. The van der Waals surface area contributed by atoms with Gasteiger partial charge >= 0.3 is 6.09 Å². The van der Waals surface area contributed by atoms with E-state index in [9.17, 15) is 9.90 Å². The summed E-state index contributed by atoms with van der Waals surface area (Å²) in [5.41, 5.74) is 6.08. The Hall–Kier alpha value is -5.09. The summed E-state index contributed by atoms with van der Waals surface area (Å²) < 4.78 is 14.5. The van der Waals surface area contributed by atoms with Gasteiger partial charge in [0, 0.05) is 63.3 Å². The molecule has 0 radical (unpaired) electrons. The Morgan fingerprint density at radius 3 is 2.22 bits per heavy atom. The second-order valence-corrected chi connectivity index (χ2v) is 13.6. The summed E-state index contributed by atoms with van der Waals surface area (Å²) in [6.45, 7) is 5.35. The zero-order valence-corrected chi connectivity index (χ0v) is 27.8. The molecular formula is C39H42N6O4. The molecule has 5 heterocycles. The van der Waals surface area contributed by atoms with Crippen LogP contribution in [0.1, 0.15) is 30.4 Å². The lowest BCUT2D eigenvalue weighted by Gasteiger charge is -2.38. The van der Waals surface area contributed by atoms with Gasteiger partial charge in [-0.15, -0.1) is 0 Å². The van der Waals surface area contributed by atoms with Crippen molar-refractivity contribution in [2.24, 2.45) is 13.0 Å². The molecule has 0 aliphatic carbocycles. The van der Waals surface area contributed by atoms with Crippen LogP contribution in [-0.4, -0.2) is 80.6 Å². The fraction of sp³-hybridized carbons (Fsp3) is 0.359. The van der Waals surface area contributed by atoms with Crippen LogP contribution in [0.15, 0.2) is 91.0 Å². The van der Waals surface area contributed by atoms with Gasteiger partial charge in [0.05, 0.1) is 16.8 Å². The number of benzene rings is 3. The average molecular weight is 659 g/mol. The van der Waals surface area contributed by atoms with Crippen molar-refractivity contribution in [2.45, 2.75) is 44.6 Å². The van der Waals surface area contributed by atoms with Crippen molar-refractivity contribution in [1.82, 2.24) is 24.6 Å². The molecule has 3 aromatic carbocycles. The number of piperidine rings is 1. The summed E-state index contributed by atoms with van der Waals surface area (Å²) in [5.74, 6) is 1.61. The Morgan fingerprint density at radius 2 is 1.55 bits per heavy atom. The van der Waals surface area contributed by atoms with E-state index in [0.717, 1.165) is 78.7 Å². The van der Waals surface area contributed by atoms with Gasteiger partial charge in [-0.1, -0.05) is 72.8 Å². The number of carbonyl (C=O) groups is 1. The molecule has 2 aromatic heterocycles. The third-order valence-corrected chi connectivity index (χ3v) is 10.4. The second-order valence-electron chi connectivity index (χ2n) is 13.6. The number of carboxylic acid groups (broad SMARTS) is 1. The summed E-state index contributed by atoms with van der Waals surface area (Å²) in [6.07, 6.45) is 2.44. The fourth-order valence-electron chi connectivity index (χ4n) is 7.92. The average Bonchev–Trinajstić information content (AvgIpc) is 3.84. The summed E-state index contributed by atoms with van der Waals surface area (Å²) in [7, 11) is 2.01. The second kappa shape index (κ2) is 13.4. The van der Waals surface area contributed by atoms with Gasteiger partial charge in [0.15, 0.2) is 0 Å². The Labute approximate surface area is 286 Å². The van der Waals surface area contributed by atoms with Crippen LogP contribution in [0.2, 0.25) is 0 Å².